The van der Waals surface area contributed by atoms with E-state index in [9.17, 15) is 16.8 Å². The van der Waals surface area contributed by atoms with Crippen LogP contribution in [0.3, 0.4) is 0 Å². The lowest BCUT2D eigenvalue weighted by Gasteiger charge is -2.18. The zero-order valence-corrected chi connectivity index (χ0v) is 17.1. The van der Waals surface area contributed by atoms with Crippen LogP contribution in [0.2, 0.25) is 5.02 Å². The summed E-state index contributed by atoms with van der Waals surface area (Å²) >= 11 is 6.01. The number of anilines is 1. The predicted octanol–water partition coefficient (Wildman–Crippen LogP) is 3.48. The van der Waals surface area contributed by atoms with Crippen molar-refractivity contribution in [2.45, 2.75) is 30.6 Å². The second kappa shape index (κ2) is 7.96. The lowest BCUT2D eigenvalue weighted by atomic mass is 10.2. The molecule has 0 heterocycles. The van der Waals surface area contributed by atoms with Gasteiger partial charge in [0.15, 0.2) is 0 Å². The fourth-order valence-electron chi connectivity index (χ4n) is 2.37. The molecule has 1 N–H and O–H groups in total. The van der Waals surface area contributed by atoms with E-state index in [2.05, 4.69) is 4.72 Å². The molecule has 0 aliphatic heterocycles. The average molecular weight is 417 g/mol. The van der Waals surface area contributed by atoms with Gasteiger partial charge < -0.3 is 0 Å². The molecule has 0 saturated heterocycles. The number of hydrogen-bond donors (Lipinski definition) is 1. The van der Waals surface area contributed by atoms with Crippen molar-refractivity contribution in [1.82, 2.24) is 4.31 Å². The van der Waals surface area contributed by atoms with Crippen molar-refractivity contribution < 1.29 is 16.8 Å². The summed E-state index contributed by atoms with van der Waals surface area (Å²) in [4.78, 5) is 0.0197. The number of hydrogen-bond acceptors (Lipinski definition) is 4. The molecular weight excluding hydrogens is 396 g/mol. The first kappa shape index (κ1) is 20.7. The van der Waals surface area contributed by atoms with Crippen molar-refractivity contribution in [2.75, 3.05) is 17.8 Å². The highest BCUT2D eigenvalue weighted by Gasteiger charge is 2.22. The summed E-state index contributed by atoms with van der Waals surface area (Å²) in [6.07, 6.45) is 0. The third kappa shape index (κ3) is 4.37. The highest BCUT2D eigenvalue weighted by molar-refractivity contribution is 7.92. The Morgan fingerprint density at radius 1 is 0.923 bits per heavy atom. The minimum atomic E-state index is -3.85. The number of halogens is 1. The van der Waals surface area contributed by atoms with Crippen LogP contribution in [0.1, 0.15) is 19.4 Å². The van der Waals surface area contributed by atoms with E-state index in [1.54, 1.807) is 26.0 Å². The zero-order valence-electron chi connectivity index (χ0n) is 14.7. The Labute approximate surface area is 159 Å². The molecule has 0 radical (unpaired) electrons. The molecule has 0 fully saturated rings. The standard InChI is InChI=1S/C17H21ClN2O4S2/c1-4-20(5-2)26(23,24)16-10-8-15(9-11-16)25(21,22)19-14-7-6-13(3)17(18)12-14/h6-12,19H,4-5H2,1-3H3. The summed E-state index contributed by atoms with van der Waals surface area (Å²) in [6.45, 7) is 5.99. The molecule has 26 heavy (non-hydrogen) atoms. The van der Waals surface area contributed by atoms with Crippen LogP contribution in [0.4, 0.5) is 5.69 Å². The summed E-state index contributed by atoms with van der Waals surface area (Å²) in [5.41, 5.74) is 1.17. The highest BCUT2D eigenvalue weighted by atomic mass is 35.5. The van der Waals surface area contributed by atoms with Gasteiger partial charge in [0.05, 0.1) is 15.5 Å². The maximum atomic E-state index is 12.5. The predicted molar refractivity (Wildman–Crippen MR) is 104 cm³/mol. The normalized spacial score (nSPS) is 12.3. The Morgan fingerprint density at radius 3 is 1.96 bits per heavy atom. The first-order chi connectivity index (χ1) is 12.1. The second-order valence-electron chi connectivity index (χ2n) is 5.63. The molecule has 0 bridgehead atoms. The van der Waals surface area contributed by atoms with Gasteiger partial charge in [-0.15, -0.1) is 0 Å². The second-order valence-corrected chi connectivity index (χ2v) is 9.66. The number of benzene rings is 2. The van der Waals surface area contributed by atoms with Gasteiger partial charge in [-0.3, -0.25) is 4.72 Å². The summed E-state index contributed by atoms with van der Waals surface area (Å²) in [5.74, 6) is 0. The van der Waals surface area contributed by atoms with Crippen molar-refractivity contribution in [3.05, 3.63) is 53.1 Å². The van der Waals surface area contributed by atoms with Crippen molar-refractivity contribution in [3.63, 3.8) is 0 Å². The van der Waals surface area contributed by atoms with E-state index < -0.39 is 20.0 Å². The van der Waals surface area contributed by atoms with E-state index in [1.807, 2.05) is 6.92 Å². The molecule has 0 unspecified atom stereocenters. The third-order valence-corrected chi connectivity index (χ3v) is 7.77. The van der Waals surface area contributed by atoms with Crippen molar-refractivity contribution in [2.24, 2.45) is 0 Å². The van der Waals surface area contributed by atoms with E-state index >= 15 is 0 Å². The summed E-state index contributed by atoms with van der Waals surface area (Å²) in [7, 11) is -7.49. The monoisotopic (exact) mass is 416 g/mol. The van der Waals surface area contributed by atoms with Crippen LogP contribution < -0.4 is 4.72 Å². The number of sulfonamides is 2. The van der Waals surface area contributed by atoms with E-state index in [-0.39, 0.29) is 9.79 Å². The van der Waals surface area contributed by atoms with Crippen molar-refractivity contribution >= 4 is 37.3 Å². The third-order valence-electron chi connectivity index (χ3n) is 3.90. The Hall–Kier alpha value is -1.61. The van der Waals surface area contributed by atoms with Gasteiger partial charge in [-0.1, -0.05) is 31.5 Å². The zero-order chi connectivity index (χ0) is 19.5. The van der Waals surface area contributed by atoms with Gasteiger partial charge in [-0.25, -0.2) is 16.8 Å². The molecule has 6 nitrogen and oxygen atoms in total. The maximum absolute atomic E-state index is 12.5. The van der Waals surface area contributed by atoms with E-state index in [1.165, 1.54) is 34.6 Å². The van der Waals surface area contributed by atoms with E-state index in [0.29, 0.717) is 23.8 Å². The van der Waals surface area contributed by atoms with E-state index in [4.69, 9.17) is 11.6 Å². The lowest BCUT2D eigenvalue weighted by Crippen LogP contribution is -2.30. The Bertz CT molecular complexity index is 984. The van der Waals surface area contributed by atoms with Gasteiger partial charge in [0.25, 0.3) is 10.0 Å². The highest BCUT2D eigenvalue weighted by Crippen LogP contribution is 2.24. The lowest BCUT2D eigenvalue weighted by molar-refractivity contribution is 0.445. The van der Waals surface area contributed by atoms with Gasteiger partial charge in [0.2, 0.25) is 10.0 Å². The fraction of sp³-hybridized carbons (Fsp3) is 0.294. The molecule has 0 aromatic heterocycles. The number of aryl methyl sites for hydroxylation is 1. The molecule has 0 aliphatic carbocycles. The smallest absolute Gasteiger partial charge is 0.261 e. The molecule has 142 valence electrons. The van der Waals surface area contributed by atoms with E-state index in [0.717, 1.165) is 5.56 Å². The fourth-order valence-corrected chi connectivity index (χ4v) is 5.06. The van der Waals surface area contributed by atoms with Crippen LogP contribution in [0.15, 0.2) is 52.3 Å². The molecule has 0 atom stereocenters. The topological polar surface area (TPSA) is 83.6 Å². The number of nitrogens with one attached hydrogen (secondary N) is 1. The quantitative estimate of drug-likeness (QED) is 0.748. The van der Waals surface area contributed by atoms with Crippen LogP contribution in [0.25, 0.3) is 0 Å². The van der Waals surface area contributed by atoms with Gasteiger partial charge in [0.1, 0.15) is 0 Å². The first-order valence-corrected chi connectivity index (χ1v) is 11.3. The molecule has 2 rings (SSSR count). The number of nitrogens with zero attached hydrogens (tertiary/aromatic N) is 1. The summed E-state index contributed by atoms with van der Waals surface area (Å²) in [6, 6.07) is 9.98. The van der Waals surface area contributed by atoms with Crippen LogP contribution in [0, 0.1) is 6.92 Å². The first-order valence-electron chi connectivity index (χ1n) is 8.01. The van der Waals surface area contributed by atoms with Crippen LogP contribution in [-0.4, -0.2) is 34.2 Å². The molecule has 0 spiro atoms. The summed E-state index contributed by atoms with van der Waals surface area (Å²) in [5, 5.41) is 0.450. The van der Waals surface area contributed by atoms with Gasteiger partial charge >= 0.3 is 0 Å². The maximum Gasteiger partial charge on any atom is 0.261 e. The minimum absolute atomic E-state index is 0.0345. The number of rotatable bonds is 7. The molecule has 0 amide bonds. The van der Waals surface area contributed by atoms with Gasteiger partial charge in [-0.05, 0) is 48.9 Å². The molecule has 2 aromatic rings. The Balaban J connectivity index is 2.30. The molecule has 9 heteroatoms. The average Bonchev–Trinajstić information content (AvgIpc) is 2.59. The molecule has 2 aromatic carbocycles. The molecule has 0 saturated carbocycles. The molecular formula is C17H21ClN2O4S2. The Kier molecular flexibility index (Phi) is 6.33. The van der Waals surface area contributed by atoms with Gasteiger partial charge in [0, 0.05) is 18.1 Å². The van der Waals surface area contributed by atoms with Crippen molar-refractivity contribution in [3.8, 4) is 0 Å². The summed E-state index contributed by atoms with van der Waals surface area (Å²) < 4.78 is 53.6. The SMILES string of the molecule is CCN(CC)S(=O)(=O)c1ccc(S(=O)(=O)Nc2ccc(C)c(Cl)c2)cc1. The van der Waals surface area contributed by atoms with Gasteiger partial charge in [-0.2, -0.15) is 4.31 Å². The van der Waals surface area contributed by atoms with Crippen LogP contribution in [0.5, 0.6) is 0 Å². The van der Waals surface area contributed by atoms with Crippen molar-refractivity contribution in [1.29, 1.82) is 0 Å². The minimum Gasteiger partial charge on any atom is -0.280 e. The van der Waals surface area contributed by atoms with Crippen LogP contribution in [-0.2, 0) is 20.0 Å². The Morgan fingerprint density at radius 2 is 1.46 bits per heavy atom. The largest absolute Gasteiger partial charge is 0.280 e. The van der Waals surface area contributed by atoms with Crippen LogP contribution >= 0.6 is 11.6 Å². The molecule has 0 aliphatic rings.